The van der Waals surface area contributed by atoms with Crippen molar-refractivity contribution < 1.29 is 57.5 Å². The molecule has 86 heavy (non-hydrogen) atoms. The van der Waals surface area contributed by atoms with Gasteiger partial charge in [0.25, 0.3) is 0 Å². The number of thiazole rings is 1. The van der Waals surface area contributed by atoms with Crippen molar-refractivity contribution in [3.8, 4) is 27.3 Å². The fourth-order valence-corrected chi connectivity index (χ4v) is 11.8. The van der Waals surface area contributed by atoms with Crippen LogP contribution in [-0.2, 0) is 42.9 Å². The number of nitrogens with zero attached hydrogens (tertiary/aromatic N) is 7. The molecule has 4 heterocycles. The summed E-state index contributed by atoms with van der Waals surface area (Å²) in [5.41, 5.74) is 4.57. The number of phenolic OH excluding ortho intramolecular Hbond substituents is 1. The third-order valence-electron chi connectivity index (χ3n) is 15.6. The van der Waals surface area contributed by atoms with Gasteiger partial charge in [0.05, 0.1) is 79.5 Å². The summed E-state index contributed by atoms with van der Waals surface area (Å²) in [5.74, 6) is -2.05. The lowest BCUT2D eigenvalue weighted by molar-refractivity contribution is -0.147. The lowest BCUT2D eigenvalue weighted by Gasteiger charge is -2.36. The molecule has 4 atom stereocenters. The van der Waals surface area contributed by atoms with Gasteiger partial charge in [-0.05, 0) is 64.9 Å². The third-order valence-corrected chi connectivity index (χ3v) is 16.9. The van der Waals surface area contributed by atoms with E-state index in [1.165, 1.54) is 11.0 Å². The number of phenols is 1. The minimum Gasteiger partial charge on any atom is -0.508 e. The number of piperazine rings is 1. The first-order chi connectivity index (χ1) is 41.2. The molecule has 2 fully saturated rings. The zero-order valence-corrected chi connectivity index (χ0v) is 51.6. The Hall–Kier alpha value is -6.92. The van der Waals surface area contributed by atoms with Crippen molar-refractivity contribution >= 4 is 85.8 Å². The maximum absolute atomic E-state index is 17.0. The number of hydrogen-bond donors (Lipinski definition) is 4. The number of anilines is 2. The molecule has 4 amide bonds. The van der Waals surface area contributed by atoms with Crippen molar-refractivity contribution in [2.45, 2.75) is 85.4 Å². The van der Waals surface area contributed by atoms with Crippen LogP contribution in [0, 0.1) is 24.1 Å². The number of aliphatic hydroxyl groups excluding tert-OH is 1. The number of amides is 4. The fourth-order valence-electron chi connectivity index (χ4n) is 10.7. The van der Waals surface area contributed by atoms with E-state index in [9.17, 15) is 34.2 Å². The number of aromatic nitrogens is 3. The number of ketones is 1. The highest BCUT2D eigenvalue weighted by molar-refractivity contribution is 7.13. The van der Waals surface area contributed by atoms with Crippen LogP contribution in [0.2, 0.25) is 5.02 Å². The van der Waals surface area contributed by atoms with Crippen molar-refractivity contribution in [3.05, 3.63) is 94.3 Å². The number of halogens is 2. The van der Waals surface area contributed by atoms with E-state index in [1.54, 1.807) is 40.3 Å². The molecule has 8 rings (SSSR count). The van der Waals surface area contributed by atoms with Crippen molar-refractivity contribution in [1.29, 1.82) is 0 Å². The van der Waals surface area contributed by atoms with E-state index in [-0.39, 0.29) is 129 Å². The minimum absolute atomic E-state index is 0.00609. The molecule has 6 aromatic rings. The number of aromatic hydroxyl groups is 1. The highest BCUT2D eigenvalue weighted by Crippen LogP contribution is 2.43. The molecule has 2 aromatic heterocycles. The second-order valence-corrected chi connectivity index (χ2v) is 24.1. The minimum atomic E-state index is -0.887. The van der Waals surface area contributed by atoms with Gasteiger partial charge in [0.15, 0.2) is 11.6 Å². The monoisotopic (exact) mass is 1220 g/mol. The molecule has 4 aromatic carbocycles. The first kappa shape index (κ1) is 65.1. The summed E-state index contributed by atoms with van der Waals surface area (Å²) in [6, 6.07) is 18.7. The predicted octanol–water partition coefficient (Wildman–Crippen LogP) is 8.23. The maximum Gasteiger partial charge on any atom is 0.243 e. The van der Waals surface area contributed by atoms with E-state index in [4.69, 9.17) is 35.5 Å². The van der Waals surface area contributed by atoms with Gasteiger partial charge < -0.3 is 59.4 Å². The standard InChI is InChI=1S/C63H79ClFN9O11S/c1-8-53(78)72-19-21-73(22-20-72)59-49-35-51(64)55(48-32-44(75)31-43-11-9-10-12-47(43)48)56(65)57(49)69-62(70-59)66-18-17-54(79)71(7)23-24-82-25-26-83-27-28-84-29-30-85-37-46(77)33-50(63(4,5)6)61(81)74-36-45(76)34-52(74)60(80)68-39(2)41-13-15-42(16-14-41)58-40(3)67-38-86-58/h9-16,31-32,35,38-39,45,50,52,75-76H,8,17-30,33-34,36-37H2,1-7H3,(H,68,80)(H,66,69,70)/t39-,45+,50+,52-/m0/s1. The van der Waals surface area contributed by atoms with Crippen LogP contribution in [0.15, 0.2) is 72.2 Å². The zero-order chi connectivity index (χ0) is 61.7. The average Bonchev–Trinajstić information content (AvgIpc) is 1.02. The summed E-state index contributed by atoms with van der Waals surface area (Å²) in [6.45, 7) is 15.2. The van der Waals surface area contributed by atoms with E-state index in [0.717, 1.165) is 21.7 Å². The van der Waals surface area contributed by atoms with Crippen LogP contribution in [0.25, 0.3) is 43.2 Å². The third kappa shape index (κ3) is 16.6. The Bertz CT molecular complexity index is 3340. The molecule has 462 valence electrons. The Balaban J connectivity index is 0.714. The molecule has 2 aliphatic rings. The lowest BCUT2D eigenvalue weighted by Crippen LogP contribution is -2.50. The van der Waals surface area contributed by atoms with E-state index in [2.05, 4.69) is 20.6 Å². The van der Waals surface area contributed by atoms with Gasteiger partial charge in [-0.15, -0.1) is 11.3 Å². The van der Waals surface area contributed by atoms with Gasteiger partial charge in [-0.2, -0.15) is 4.98 Å². The van der Waals surface area contributed by atoms with E-state index < -0.39 is 29.3 Å². The molecular formula is C63H79ClFN9O11S. The first-order valence-electron chi connectivity index (χ1n) is 29.3. The molecule has 2 aliphatic heterocycles. The second kappa shape index (κ2) is 30.1. The van der Waals surface area contributed by atoms with Gasteiger partial charge in [0.1, 0.15) is 29.7 Å². The maximum atomic E-state index is 17.0. The van der Waals surface area contributed by atoms with Crippen LogP contribution < -0.4 is 15.5 Å². The zero-order valence-electron chi connectivity index (χ0n) is 50.0. The van der Waals surface area contributed by atoms with Crippen molar-refractivity contribution in [3.63, 3.8) is 0 Å². The lowest BCUT2D eigenvalue weighted by atomic mass is 9.77. The number of hydrogen-bond acceptors (Lipinski definition) is 17. The smallest absolute Gasteiger partial charge is 0.243 e. The van der Waals surface area contributed by atoms with Crippen LogP contribution in [0.1, 0.15) is 77.6 Å². The first-order valence-corrected chi connectivity index (χ1v) is 30.5. The number of Topliss-reactive ketones (excluding diaryl/α,β-unsaturated/α-hetero) is 1. The summed E-state index contributed by atoms with van der Waals surface area (Å²) in [7, 11) is 1.68. The van der Waals surface area contributed by atoms with Gasteiger partial charge in [-0.25, -0.2) is 14.4 Å². The highest BCUT2D eigenvalue weighted by Gasteiger charge is 2.45. The van der Waals surface area contributed by atoms with Crippen LogP contribution in [-0.4, -0.2) is 187 Å². The number of likely N-dealkylation sites (tertiary alicyclic amines) is 1. The number of aliphatic hydroxyl groups is 1. The molecule has 0 saturated carbocycles. The highest BCUT2D eigenvalue weighted by atomic mass is 35.5. The molecule has 2 saturated heterocycles. The SMILES string of the molecule is CCC(=O)N1CCN(c2nc(NCCC(=O)N(C)CCOCCOCCOCCOCC(=O)C[C@H](C(=O)N3C[C@H](O)C[C@H]3C(=O)N[C@@H](C)c3ccc(-c4scnc4C)cc3)C(C)(C)C)nc3c(F)c(-c4cc(O)cc5ccccc45)c(Cl)cc23)CC1. The number of β-amino-alcohol motifs (C(OH)–C–C–N with tert-alkyl or cyclic N) is 1. The molecule has 23 heteroatoms. The Morgan fingerprint density at radius 2 is 1.57 bits per heavy atom. The molecule has 0 aliphatic carbocycles. The van der Waals surface area contributed by atoms with Crippen LogP contribution in [0.3, 0.4) is 0 Å². The molecule has 20 nitrogen and oxygen atoms in total. The number of aryl methyl sites for hydroxylation is 1. The summed E-state index contributed by atoms with van der Waals surface area (Å²) < 4.78 is 39.6. The van der Waals surface area contributed by atoms with Crippen LogP contribution in [0.5, 0.6) is 5.75 Å². The largest absolute Gasteiger partial charge is 0.508 e. The van der Waals surface area contributed by atoms with Crippen LogP contribution >= 0.6 is 22.9 Å². The summed E-state index contributed by atoms with van der Waals surface area (Å²) in [5, 5.41) is 29.4. The van der Waals surface area contributed by atoms with Gasteiger partial charge in [-0.1, -0.05) is 87.8 Å². The Morgan fingerprint density at radius 3 is 2.23 bits per heavy atom. The number of likely N-dealkylation sites (N-methyl/N-ethyl adjacent to an activating group) is 1. The van der Waals surface area contributed by atoms with Crippen molar-refractivity contribution in [2.75, 3.05) is 116 Å². The fraction of sp³-hybridized carbons (Fsp3) is 0.492. The quantitative estimate of drug-likeness (QED) is 0.0338. The number of rotatable bonds is 28. The Morgan fingerprint density at radius 1 is 0.895 bits per heavy atom. The Labute approximate surface area is 510 Å². The van der Waals surface area contributed by atoms with Gasteiger partial charge in [0, 0.05) is 95.4 Å². The van der Waals surface area contributed by atoms with Gasteiger partial charge >= 0.3 is 0 Å². The second-order valence-electron chi connectivity index (χ2n) is 22.8. The van der Waals surface area contributed by atoms with Gasteiger partial charge in [0.2, 0.25) is 29.6 Å². The van der Waals surface area contributed by atoms with Crippen LogP contribution in [0.4, 0.5) is 16.2 Å². The number of nitrogens with one attached hydrogen (secondary N) is 2. The Kier molecular flexibility index (Phi) is 22.8. The van der Waals surface area contributed by atoms with Crippen molar-refractivity contribution in [1.82, 2.24) is 35.0 Å². The summed E-state index contributed by atoms with van der Waals surface area (Å²) >= 11 is 8.46. The van der Waals surface area contributed by atoms with Crippen molar-refractivity contribution in [2.24, 2.45) is 11.3 Å². The molecule has 0 unspecified atom stereocenters. The number of ether oxygens (including phenoxy) is 4. The number of benzene rings is 4. The summed E-state index contributed by atoms with van der Waals surface area (Å²) in [6.07, 6.45) is -0.400. The predicted molar refractivity (Wildman–Crippen MR) is 330 cm³/mol. The normalized spacial score (nSPS) is 16.2. The number of fused-ring (bicyclic) bond motifs is 2. The molecule has 0 spiro atoms. The van der Waals surface area contributed by atoms with Gasteiger partial charge in [-0.3, -0.25) is 24.0 Å². The average molecular weight is 1220 g/mol. The number of carbonyl (C=O) groups is 5. The number of carbonyl (C=O) groups excluding carboxylic acids is 5. The van der Waals surface area contributed by atoms with E-state index in [0.29, 0.717) is 86.5 Å². The molecule has 0 bridgehead atoms. The molecule has 4 N–H and O–H groups in total. The molecule has 0 radical (unpaired) electrons. The molecular weight excluding hydrogens is 1150 g/mol. The summed E-state index contributed by atoms with van der Waals surface area (Å²) in [4.78, 5) is 88.3. The van der Waals surface area contributed by atoms with E-state index >= 15 is 4.39 Å². The topological polar surface area (TPSA) is 238 Å². The van der Waals surface area contributed by atoms with E-state index in [1.807, 2.05) is 100 Å².